The van der Waals surface area contributed by atoms with E-state index >= 15 is 0 Å². The molecule has 0 heterocycles. The van der Waals surface area contributed by atoms with Crippen molar-refractivity contribution in [3.63, 3.8) is 0 Å². The van der Waals surface area contributed by atoms with Crippen LogP contribution in [0.1, 0.15) is 56.7 Å². The van der Waals surface area contributed by atoms with E-state index in [1.165, 1.54) is 36.8 Å². The first-order valence-corrected chi connectivity index (χ1v) is 8.73. The number of hydrogen-bond acceptors (Lipinski definition) is 2. The Morgan fingerprint density at radius 1 is 1.24 bits per heavy atom. The molecule has 3 unspecified atom stereocenters. The number of ether oxygens (including phenoxy) is 1. The number of rotatable bonds is 7. The second kappa shape index (κ2) is 6.39. The Bertz CT molecular complexity index is 474. The van der Waals surface area contributed by atoms with Crippen LogP contribution in [0.2, 0.25) is 0 Å². The van der Waals surface area contributed by atoms with E-state index in [0.29, 0.717) is 6.04 Å². The second-order valence-corrected chi connectivity index (χ2v) is 6.74. The number of hydrogen-bond donors (Lipinski definition) is 1. The minimum atomic E-state index is 0.488. The van der Waals surface area contributed by atoms with E-state index in [0.717, 1.165) is 36.7 Å². The summed E-state index contributed by atoms with van der Waals surface area (Å²) in [4.78, 5) is 0. The van der Waals surface area contributed by atoms with Gasteiger partial charge in [-0.25, -0.2) is 0 Å². The minimum Gasteiger partial charge on any atom is -0.494 e. The molecule has 1 aromatic carbocycles. The van der Waals surface area contributed by atoms with Gasteiger partial charge in [0.1, 0.15) is 5.75 Å². The van der Waals surface area contributed by atoms with Gasteiger partial charge >= 0.3 is 0 Å². The highest BCUT2D eigenvalue weighted by Crippen LogP contribution is 2.62. The van der Waals surface area contributed by atoms with Gasteiger partial charge in [0.15, 0.2) is 0 Å². The third kappa shape index (κ3) is 2.96. The molecule has 0 amide bonds. The van der Waals surface area contributed by atoms with Gasteiger partial charge in [-0.3, -0.25) is 0 Å². The van der Waals surface area contributed by atoms with Gasteiger partial charge in [0, 0.05) is 11.6 Å². The summed E-state index contributed by atoms with van der Waals surface area (Å²) >= 11 is 0. The van der Waals surface area contributed by atoms with Crippen molar-refractivity contribution < 1.29 is 4.74 Å². The van der Waals surface area contributed by atoms with Crippen LogP contribution in [-0.2, 0) is 0 Å². The summed E-state index contributed by atoms with van der Waals surface area (Å²) < 4.78 is 5.91. The maximum atomic E-state index is 5.91. The van der Waals surface area contributed by atoms with E-state index in [-0.39, 0.29) is 0 Å². The lowest BCUT2D eigenvalue weighted by Crippen LogP contribution is -2.26. The second-order valence-electron chi connectivity index (χ2n) is 6.74. The van der Waals surface area contributed by atoms with Crippen LogP contribution in [0.5, 0.6) is 5.75 Å². The Morgan fingerprint density at radius 2 is 2.00 bits per heavy atom. The number of fused-ring (bicyclic) bond motifs is 1. The van der Waals surface area contributed by atoms with Crippen LogP contribution in [0.4, 0.5) is 0 Å². The van der Waals surface area contributed by atoms with Gasteiger partial charge in [-0.2, -0.15) is 0 Å². The monoisotopic (exact) mass is 287 g/mol. The Kier molecular flexibility index (Phi) is 4.54. The van der Waals surface area contributed by atoms with Crippen LogP contribution in [0, 0.1) is 24.7 Å². The first-order chi connectivity index (χ1) is 10.3. The zero-order valence-electron chi connectivity index (χ0n) is 13.7. The molecular weight excluding hydrogens is 258 g/mol. The van der Waals surface area contributed by atoms with Gasteiger partial charge in [-0.1, -0.05) is 31.0 Å². The molecule has 2 aliphatic carbocycles. The zero-order valence-corrected chi connectivity index (χ0v) is 13.7. The van der Waals surface area contributed by atoms with Crippen molar-refractivity contribution in [1.82, 2.24) is 5.32 Å². The highest BCUT2D eigenvalue weighted by Gasteiger charge is 2.56. The normalized spacial score (nSPS) is 28.2. The standard InChI is InChI=1S/C19H29NO/c1-4-11-20-19(18-14-7-6-8-15(14)18)16-12-13(3)9-10-17(16)21-5-2/h9-10,12,14-15,18-20H,4-8,11H2,1-3H3. The first kappa shape index (κ1) is 14.9. The van der Waals surface area contributed by atoms with Crippen LogP contribution in [0.3, 0.4) is 0 Å². The van der Waals surface area contributed by atoms with Crippen molar-refractivity contribution in [1.29, 1.82) is 0 Å². The predicted octanol–water partition coefficient (Wildman–Crippen LogP) is 4.48. The fourth-order valence-electron chi connectivity index (χ4n) is 4.32. The summed E-state index contributed by atoms with van der Waals surface area (Å²) in [6.45, 7) is 8.35. The topological polar surface area (TPSA) is 21.3 Å². The van der Waals surface area contributed by atoms with Gasteiger partial charge in [0.2, 0.25) is 0 Å². The number of aryl methyl sites for hydroxylation is 1. The molecule has 21 heavy (non-hydrogen) atoms. The molecule has 0 aliphatic heterocycles. The molecule has 1 N–H and O–H groups in total. The molecule has 0 aromatic heterocycles. The van der Waals surface area contributed by atoms with Gasteiger partial charge < -0.3 is 10.1 Å². The molecule has 0 spiro atoms. The van der Waals surface area contributed by atoms with E-state index in [1.807, 2.05) is 0 Å². The Balaban J connectivity index is 1.86. The Morgan fingerprint density at radius 3 is 2.67 bits per heavy atom. The first-order valence-electron chi connectivity index (χ1n) is 8.73. The molecule has 0 saturated heterocycles. The van der Waals surface area contributed by atoms with Crippen LogP contribution < -0.4 is 10.1 Å². The third-order valence-corrected chi connectivity index (χ3v) is 5.27. The van der Waals surface area contributed by atoms with Gasteiger partial charge in [-0.05, 0) is 63.5 Å². The lowest BCUT2D eigenvalue weighted by Gasteiger charge is -2.24. The molecule has 3 atom stereocenters. The summed E-state index contributed by atoms with van der Waals surface area (Å²) in [6.07, 6.45) is 5.51. The highest BCUT2D eigenvalue weighted by atomic mass is 16.5. The zero-order chi connectivity index (χ0) is 14.8. The fourth-order valence-corrected chi connectivity index (χ4v) is 4.32. The maximum Gasteiger partial charge on any atom is 0.124 e. The molecule has 3 rings (SSSR count). The summed E-state index contributed by atoms with van der Waals surface area (Å²) in [6, 6.07) is 7.15. The smallest absolute Gasteiger partial charge is 0.124 e. The number of nitrogens with one attached hydrogen (secondary N) is 1. The van der Waals surface area contributed by atoms with E-state index in [1.54, 1.807) is 0 Å². The summed E-state index contributed by atoms with van der Waals surface area (Å²) in [5.74, 6) is 3.86. The van der Waals surface area contributed by atoms with Gasteiger partial charge in [0.25, 0.3) is 0 Å². The molecule has 2 saturated carbocycles. The molecule has 1 aromatic rings. The summed E-state index contributed by atoms with van der Waals surface area (Å²) in [5.41, 5.74) is 2.73. The van der Waals surface area contributed by atoms with Crippen LogP contribution in [0.15, 0.2) is 18.2 Å². The minimum absolute atomic E-state index is 0.488. The van der Waals surface area contributed by atoms with E-state index < -0.39 is 0 Å². The van der Waals surface area contributed by atoms with Crippen LogP contribution in [-0.4, -0.2) is 13.2 Å². The molecule has 2 heteroatoms. The molecule has 0 bridgehead atoms. The molecule has 2 aliphatic rings. The third-order valence-electron chi connectivity index (χ3n) is 5.27. The highest BCUT2D eigenvalue weighted by molar-refractivity contribution is 5.40. The fraction of sp³-hybridized carbons (Fsp3) is 0.684. The largest absolute Gasteiger partial charge is 0.494 e. The summed E-state index contributed by atoms with van der Waals surface area (Å²) in [7, 11) is 0. The van der Waals surface area contributed by atoms with Crippen molar-refractivity contribution in [2.75, 3.05) is 13.2 Å². The summed E-state index contributed by atoms with van der Waals surface area (Å²) in [5, 5.41) is 3.82. The maximum absolute atomic E-state index is 5.91. The van der Waals surface area contributed by atoms with Crippen molar-refractivity contribution in [3.8, 4) is 5.75 Å². The SMILES string of the molecule is CCCNC(c1cc(C)ccc1OCC)C1C2CCCC21. The molecule has 116 valence electrons. The average Bonchev–Trinajstić information content (AvgIpc) is 2.94. The quantitative estimate of drug-likeness (QED) is 0.798. The average molecular weight is 287 g/mol. The van der Waals surface area contributed by atoms with Crippen molar-refractivity contribution in [2.45, 2.75) is 52.5 Å². The lowest BCUT2D eigenvalue weighted by atomic mass is 9.94. The van der Waals surface area contributed by atoms with Crippen molar-refractivity contribution >= 4 is 0 Å². The van der Waals surface area contributed by atoms with Gasteiger partial charge in [0.05, 0.1) is 6.61 Å². The van der Waals surface area contributed by atoms with Crippen molar-refractivity contribution in [2.24, 2.45) is 17.8 Å². The molecule has 0 radical (unpaired) electrons. The van der Waals surface area contributed by atoms with E-state index in [4.69, 9.17) is 4.74 Å². The molecular formula is C19H29NO. The van der Waals surface area contributed by atoms with E-state index in [2.05, 4.69) is 44.3 Å². The van der Waals surface area contributed by atoms with Crippen LogP contribution in [0.25, 0.3) is 0 Å². The lowest BCUT2D eigenvalue weighted by molar-refractivity contribution is 0.324. The van der Waals surface area contributed by atoms with Gasteiger partial charge in [-0.15, -0.1) is 0 Å². The Labute approximate surface area is 129 Å². The predicted molar refractivity (Wildman–Crippen MR) is 87.7 cm³/mol. The molecule has 2 nitrogen and oxygen atoms in total. The number of benzene rings is 1. The van der Waals surface area contributed by atoms with Crippen molar-refractivity contribution in [3.05, 3.63) is 29.3 Å². The van der Waals surface area contributed by atoms with Crippen LogP contribution >= 0.6 is 0 Å². The Hall–Kier alpha value is -1.02. The molecule has 2 fully saturated rings. The van der Waals surface area contributed by atoms with E-state index in [9.17, 15) is 0 Å².